The molecule has 0 amide bonds. The van der Waals surface area contributed by atoms with Gasteiger partial charge >= 0.3 is 11.1 Å². The lowest BCUT2D eigenvalue weighted by molar-refractivity contribution is 0.0695. The highest BCUT2D eigenvalue weighted by molar-refractivity contribution is 7.90. The van der Waals surface area contributed by atoms with Gasteiger partial charge in [0.05, 0.1) is 5.56 Å². The van der Waals surface area contributed by atoms with E-state index in [4.69, 9.17) is 5.11 Å². The molecule has 0 fully saturated rings. The van der Waals surface area contributed by atoms with Crippen LogP contribution < -0.4 is 0 Å². The van der Waals surface area contributed by atoms with E-state index >= 15 is 0 Å². The minimum Gasteiger partial charge on any atom is -0.609 e. The van der Waals surface area contributed by atoms with Crippen LogP contribution in [0.5, 0.6) is 0 Å². The van der Waals surface area contributed by atoms with Crippen molar-refractivity contribution in [3.8, 4) is 0 Å². The number of rotatable bonds is 2. The molecule has 5 nitrogen and oxygen atoms in total. The number of hydrogen-bond acceptors (Lipinski definition) is 4. The fourth-order valence-electron chi connectivity index (χ4n) is 0.575. The van der Waals surface area contributed by atoms with Crippen LogP contribution in [0.2, 0.25) is 0 Å². The van der Waals surface area contributed by atoms with Crippen molar-refractivity contribution in [3.63, 3.8) is 0 Å². The molecule has 0 radical (unpaired) electrons. The van der Waals surface area contributed by atoms with Gasteiger partial charge in [-0.15, -0.1) is 0 Å². The number of aromatic carboxylic acids is 1. The molecule has 1 rings (SSSR count). The molecule has 0 aliphatic heterocycles. The van der Waals surface area contributed by atoms with Crippen molar-refractivity contribution < 1.29 is 14.5 Å². The molecule has 1 aromatic rings. The minimum absolute atomic E-state index is 0.01000. The van der Waals surface area contributed by atoms with E-state index in [1.807, 2.05) is 0 Å². The van der Waals surface area contributed by atoms with Gasteiger partial charge in [-0.3, -0.25) is 0 Å². The largest absolute Gasteiger partial charge is 0.609 e. The molecular weight excluding hydrogens is 180 g/mol. The molecule has 6 heteroatoms. The summed E-state index contributed by atoms with van der Waals surface area (Å²) in [6, 6.07) is 0. The molecule has 0 spiro atoms. The van der Waals surface area contributed by atoms with Gasteiger partial charge in [0.15, 0.2) is 0 Å². The van der Waals surface area contributed by atoms with Crippen molar-refractivity contribution in [2.75, 3.05) is 6.26 Å². The summed E-state index contributed by atoms with van der Waals surface area (Å²) >= 11 is -1.27. The summed E-state index contributed by atoms with van der Waals surface area (Å²) in [5.74, 6) is -1.09. The Morgan fingerprint density at radius 3 is 2.42 bits per heavy atom. The summed E-state index contributed by atoms with van der Waals surface area (Å²) in [5, 5.41) is 8.60. The van der Waals surface area contributed by atoms with Crippen molar-refractivity contribution >= 4 is 17.1 Å². The maximum atomic E-state index is 10.8. The summed E-state index contributed by atoms with van der Waals surface area (Å²) in [5.41, 5.74) is -0.01000. The van der Waals surface area contributed by atoms with Crippen LogP contribution in [-0.2, 0) is 11.2 Å². The maximum absolute atomic E-state index is 10.8. The Kier molecular flexibility index (Phi) is 2.61. The van der Waals surface area contributed by atoms with Gasteiger partial charge in [-0.1, -0.05) is 0 Å². The van der Waals surface area contributed by atoms with Crippen molar-refractivity contribution in [1.29, 1.82) is 0 Å². The molecule has 0 saturated carbocycles. The Balaban J connectivity index is 2.93. The number of carboxylic acids is 1. The topological polar surface area (TPSA) is 86.1 Å². The van der Waals surface area contributed by atoms with Gasteiger partial charge in [-0.05, 0) is 0 Å². The summed E-state index contributed by atoms with van der Waals surface area (Å²) in [6.45, 7) is 0. The summed E-state index contributed by atoms with van der Waals surface area (Å²) in [6.07, 6.45) is 3.69. The maximum Gasteiger partial charge on any atom is 0.342 e. The van der Waals surface area contributed by atoms with E-state index in [0.29, 0.717) is 0 Å². The van der Waals surface area contributed by atoms with Crippen molar-refractivity contribution in [2.24, 2.45) is 0 Å². The SMILES string of the molecule is C[S+]([O-])c1ncc(C(=O)O)cn1. The molecule has 64 valence electrons. The molecule has 1 unspecified atom stereocenters. The third kappa shape index (κ3) is 1.93. The number of nitrogens with zero attached hydrogens (tertiary/aromatic N) is 2. The third-order valence-electron chi connectivity index (χ3n) is 1.13. The average Bonchev–Trinajstić information content (AvgIpc) is 2.04. The van der Waals surface area contributed by atoms with E-state index in [1.54, 1.807) is 0 Å². The zero-order valence-electron chi connectivity index (χ0n) is 6.22. The lowest BCUT2D eigenvalue weighted by Gasteiger charge is -2.00. The van der Waals surface area contributed by atoms with E-state index in [9.17, 15) is 9.35 Å². The van der Waals surface area contributed by atoms with E-state index in [0.717, 1.165) is 12.4 Å². The van der Waals surface area contributed by atoms with Crippen LogP contribution in [0.3, 0.4) is 0 Å². The second kappa shape index (κ2) is 3.51. The van der Waals surface area contributed by atoms with Gasteiger partial charge in [-0.2, -0.15) is 9.97 Å². The number of aromatic nitrogens is 2. The second-order valence-electron chi connectivity index (χ2n) is 2.01. The van der Waals surface area contributed by atoms with Gasteiger partial charge < -0.3 is 9.66 Å². The quantitative estimate of drug-likeness (QED) is 0.515. The van der Waals surface area contributed by atoms with Crippen LogP contribution in [0.25, 0.3) is 0 Å². The first-order chi connectivity index (χ1) is 5.61. The van der Waals surface area contributed by atoms with E-state index in [1.165, 1.54) is 6.26 Å². The standard InChI is InChI=1S/C6H6N2O3S/c1-12(11)6-7-2-4(3-8-6)5(9)10/h2-3H,1H3,(H,9,10). The molecule has 1 heterocycles. The van der Waals surface area contributed by atoms with Crippen LogP contribution in [0.4, 0.5) is 0 Å². The Bertz CT molecular complexity index is 285. The van der Waals surface area contributed by atoms with E-state index in [2.05, 4.69) is 9.97 Å². The van der Waals surface area contributed by atoms with Gasteiger partial charge in [0.25, 0.3) is 0 Å². The third-order valence-corrected chi connectivity index (χ3v) is 1.86. The smallest absolute Gasteiger partial charge is 0.342 e. The Labute approximate surface area is 71.7 Å². The minimum atomic E-state index is -1.27. The highest BCUT2D eigenvalue weighted by Crippen LogP contribution is 2.01. The molecule has 12 heavy (non-hydrogen) atoms. The molecule has 1 N–H and O–H groups in total. The van der Waals surface area contributed by atoms with Crippen LogP contribution >= 0.6 is 0 Å². The van der Waals surface area contributed by atoms with Crippen LogP contribution in [0, 0.1) is 0 Å². The summed E-state index contributed by atoms with van der Waals surface area (Å²) in [7, 11) is 0. The number of hydrogen-bond donors (Lipinski definition) is 1. The predicted molar refractivity (Wildman–Crippen MR) is 41.3 cm³/mol. The summed E-state index contributed by atoms with van der Waals surface area (Å²) < 4.78 is 10.8. The lowest BCUT2D eigenvalue weighted by atomic mass is 10.4. The fraction of sp³-hybridized carbons (Fsp3) is 0.167. The molecule has 0 aromatic carbocycles. The van der Waals surface area contributed by atoms with Gasteiger partial charge in [0.1, 0.15) is 6.26 Å². The molecule has 1 atom stereocenters. The molecular formula is C6H6N2O3S. The number of carbonyl (C=O) groups is 1. The molecule has 0 aliphatic rings. The van der Waals surface area contributed by atoms with Crippen LogP contribution in [0.15, 0.2) is 17.6 Å². The van der Waals surface area contributed by atoms with Crippen molar-refractivity contribution in [1.82, 2.24) is 9.97 Å². The monoisotopic (exact) mass is 186 g/mol. The normalized spacial score (nSPS) is 12.5. The first-order valence-electron chi connectivity index (χ1n) is 3.00. The molecule has 1 aromatic heterocycles. The Hall–Kier alpha value is -1.14. The zero-order valence-corrected chi connectivity index (χ0v) is 7.04. The second-order valence-corrected chi connectivity index (χ2v) is 3.29. The van der Waals surface area contributed by atoms with Crippen molar-refractivity contribution in [3.05, 3.63) is 18.0 Å². The van der Waals surface area contributed by atoms with Gasteiger partial charge in [0, 0.05) is 23.6 Å². The molecule has 0 aliphatic carbocycles. The molecule has 0 bridgehead atoms. The summed E-state index contributed by atoms with van der Waals surface area (Å²) in [4.78, 5) is 17.5. The molecule has 0 saturated heterocycles. The van der Waals surface area contributed by atoms with Crippen molar-refractivity contribution in [2.45, 2.75) is 5.16 Å². The highest BCUT2D eigenvalue weighted by atomic mass is 32.2. The zero-order chi connectivity index (χ0) is 9.14. The average molecular weight is 186 g/mol. The Morgan fingerprint density at radius 2 is 2.08 bits per heavy atom. The van der Waals surface area contributed by atoms with Crippen LogP contribution in [0.1, 0.15) is 10.4 Å². The van der Waals surface area contributed by atoms with E-state index in [-0.39, 0.29) is 10.7 Å². The van der Waals surface area contributed by atoms with Gasteiger partial charge in [-0.25, -0.2) is 4.79 Å². The van der Waals surface area contributed by atoms with Gasteiger partial charge in [0.2, 0.25) is 0 Å². The number of carboxylic acid groups (broad SMARTS) is 1. The fourth-order valence-corrected chi connectivity index (χ4v) is 0.977. The first kappa shape index (κ1) is 8.95. The Morgan fingerprint density at radius 1 is 1.58 bits per heavy atom. The van der Waals surface area contributed by atoms with E-state index < -0.39 is 17.1 Å². The lowest BCUT2D eigenvalue weighted by Crippen LogP contribution is -2.06. The van der Waals surface area contributed by atoms with Crippen LogP contribution in [-0.4, -0.2) is 31.9 Å². The predicted octanol–water partition coefficient (Wildman–Crippen LogP) is -0.0878. The highest BCUT2D eigenvalue weighted by Gasteiger charge is 2.09. The first-order valence-corrected chi connectivity index (χ1v) is 4.56.